The molecule has 1 aliphatic heterocycles. The normalized spacial score (nSPS) is 19.9. The molecule has 0 bridgehead atoms. The average Bonchev–Trinajstić information content (AvgIpc) is 3.00. The van der Waals surface area contributed by atoms with Crippen LogP contribution >= 0.6 is 11.3 Å². The second kappa shape index (κ2) is 6.30. The van der Waals surface area contributed by atoms with Crippen LogP contribution in [-0.4, -0.2) is 24.0 Å². The number of nitrogens with zero attached hydrogens (tertiary/aromatic N) is 1. The third-order valence-corrected chi connectivity index (χ3v) is 6.42. The van der Waals surface area contributed by atoms with Gasteiger partial charge in [0.15, 0.2) is 0 Å². The predicted octanol–water partition coefficient (Wildman–Crippen LogP) is 3.84. The van der Waals surface area contributed by atoms with Gasteiger partial charge in [0.1, 0.15) is 5.01 Å². The number of piperidine rings is 1. The van der Waals surface area contributed by atoms with Gasteiger partial charge in [-0.2, -0.15) is 0 Å². The molecule has 24 heavy (non-hydrogen) atoms. The van der Waals surface area contributed by atoms with E-state index in [4.69, 9.17) is 0 Å². The molecule has 1 saturated heterocycles. The van der Waals surface area contributed by atoms with Crippen molar-refractivity contribution in [2.75, 3.05) is 18.4 Å². The summed E-state index contributed by atoms with van der Waals surface area (Å²) < 4.78 is 0. The maximum Gasteiger partial charge on any atom is 0.227 e. The number of aryl methyl sites for hydroxylation is 1. The lowest BCUT2D eigenvalue weighted by Crippen LogP contribution is -2.48. The number of rotatable bonds is 3. The molecule has 0 radical (unpaired) electrons. The van der Waals surface area contributed by atoms with Crippen molar-refractivity contribution in [1.29, 1.82) is 0 Å². The van der Waals surface area contributed by atoms with E-state index in [2.05, 4.69) is 21.0 Å². The maximum absolute atomic E-state index is 12.4. The molecule has 0 unspecified atom stereocenters. The van der Waals surface area contributed by atoms with E-state index < -0.39 is 0 Å². The second-order valence-electron chi connectivity index (χ2n) is 7.22. The number of anilines is 1. The third kappa shape index (κ3) is 3.10. The van der Waals surface area contributed by atoms with E-state index in [-0.39, 0.29) is 11.8 Å². The van der Waals surface area contributed by atoms with Gasteiger partial charge in [0.25, 0.3) is 0 Å². The predicted molar refractivity (Wildman–Crippen MR) is 98.2 cm³/mol. The molecule has 1 aromatic carbocycles. The largest absolute Gasteiger partial charge is 0.326 e. The molecule has 2 aliphatic rings. The monoisotopic (exact) mass is 341 g/mol. The fourth-order valence-corrected chi connectivity index (χ4v) is 4.77. The number of amides is 1. The minimum absolute atomic E-state index is 0.178. The quantitative estimate of drug-likeness (QED) is 0.892. The van der Waals surface area contributed by atoms with Crippen molar-refractivity contribution in [1.82, 2.24) is 10.3 Å². The van der Waals surface area contributed by atoms with Crippen LogP contribution in [0.25, 0.3) is 10.6 Å². The summed E-state index contributed by atoms with van der Waals surface area (Å²) >= 11 is 1.65. The highest BCUT2D eigenvalue weighted by Gasteiger charge is 2.47. The van der Waals surface area contributed by atoms with E-state index in [1.54, 1.807) is 11.3 Å². The number of carbonyl (C=O) groups excluding carboxylic acids is 1. The topological polar surface area (TPSA) is 54.0 Å². The number of nitrogens with one attached hydrogen (secondary N) is 2. The van der Waals surface area contributed by atoms with Crippen LogP contribution in [0.4, 0.5) is 5.69 Å². The molecule has 5 heteroatoms. The molecule has 2 heterocycles. The molecule has 2 aromatic rings. The first-order valence-electron chi connectivity index (χ1n) is 8.68. The van der Waals surface area contributed by atoms with E-state index >= 15 is 0 Å². The smallest absolute Gasteiger partial charge is 0.227 e. The molecule has 0 atom stereocenters. The highest BCUT2D eigenvalue weighted by Crippen LogP contribution is 2.51. The van der Waals surface area contributed by atoms with Crippen molar-refractivity contribution < 1.29 is 4.79 Å². The van der Waals surface area contributed by atoms with Crippen LogP contribution in [-0.2, 0) is 4.79 Å². The van der Waals surface area contributed by atoms with Crippen LogP contribution in [0.5, 0.6) is 0 Å². The number of carbonyl (C=O) groups is 1. The third-order valence-electron chi connectivity index (χ3n) is 5.41. The van der Waals surface area contributed by atoms with E-state index in [1.165, 1.54) is 12.8 Å². The second-order valence-corrected chi connectivity index (χ2v) is 8.07. The van der Waals surface area contributed by atoms with Crippen LogP contribution in [0, 0.1) is 18.3 Å². The zero-order valence-corrected chi connectivity index (χ0v) is 14.8. The lowest BCUT2D eigenvalue weighted by Gasteiger charge is -2.49. The molecule has 126 valence electrons. The van der Waals surface area contributed by atoms with Crippen LogP contribution in [0.15, 0.2) is 29.6 Å². The number of benzene rings is 1. The number of thiazole rings is 1. The number of aromatic nitrogens is 1. The fraction of sp³-hybridized carbons (Fsp3) is 0.474. The summed E-state index contributed by atoms with van der Waals surface area (Å²) in [5.74, 6) is 0.362. The maximum atomic E-state index is 12.4. The molecule has 2 N–H and O–H groups in total. The first-order valence-corrected chi connectivity index (χ1v) is 9.56. The van der Waals surface area contributed by atoms with Gasteiger partial charge in [-0.1, -0.05) is 0 Å². The lowest BCUT2D eigenvalue weighted by molar-refractivity contribution is -0.128. The zero-order chi connectivity index (χ0) is 16.6. The fourth-order valence-electron chi connectivity index (χ4n) is 3.96. The number of hydrogen-bond acceptors (Lipinski definition) is 4. The van der Waals surface area contributed by atoms with Gasteiger partial charge in [0.05, 0.1) is 0 Å². The summed E-state index contributed by atoms with van der Waals surface area (Å²) in [6.07, 6.45) is 4.55. The summed E-state index contributed by atoms with van der Waals surface area (Å²) in [4.78, 5) is 16.9. The Kier molecular flexibility index (Phi) is 4.14. The average molecular weight is 341 g/mol. The number of hydrogen-bond donors (Lipinski definition) is 2. The Morgan fingerprint density at radius 2 is 1.96 bits per heavy atom. The van der Waals surface area contributed by atoms with Gasteiger partial charge in [-0.25, -0.2) is 4.98 Å². The Balaban J connectivity index is 1.35. The minimum atomic E-state index is 0.178. The summed E-state index contributed by atoms with van der Waals surface area (Å²) in [6.45, 7) is 4.21. The van der Waals surface area contributed by atoms with Gasteiger partial charge in [0.2, 0.25) is 5.91 Å². The molecule has 4 nitrogen and oxygen atoms in total. The van der Waals surface area contributed by atoms with Crippen molar-refractivity contribution in [3.8, 4) is 10.6 Å². The van der Waals surface area contributed by atoms with Gasteiger partial charge >= 0.3 is 0 Å². The van der Waals surface area contributed by atoms with Crippen molar-refractivity contribution >= 4 is 22.9 Å². The Labute approximate surface area is 146 Å². The minimum Gasteiger partial charge on any atom is -0.326 e. The summed E-state index contributed by atoms with van der Waals surface area (Å²) in [6, 6.07) is 8.01. The molecule has 1 aliphatic carbocycles. The summed E-state index contributed by atoms with van der Waals surface area (Å²) in [7, 11) is 0. The summed E-state index contributed by atoms with van der Waals surface area (Å²) in [5, 5.41) is 9.56. The van der Waals surface area contributed by atoms with Gasteiger partial charge in [-0.3, -0.25) is 4.79 Å². The molecular weight excluding hydrogens is 318 g/mol. The Morgan fingerprint density at radius 1 is 1.25 bits per heavy atom. The molecule has 2 fully saturated rings. The molecule has 4 rings (SSSR count). The Hall–Kier alpha value is -1.72. The molecule has 1 aromatic heterocycles. The van der Waals surface area contributed by atoms with Crippen LogP contribution < -0.4 is 10.6 Å². The first-order chi connectivity index (χ1) is 11.6. The van der Waals surface area contributed by atoms with Gasteiger partial charge in [-0.15, -0.1) is 11.3 Å². The Bertz CT molecular complexity index is 723. The van der Waals surface area contributed by atoms with Crippen LogP contribution in [0.2, 0.25) is 0 Å². The van der Waals surface area contributed by atoms with Crippen molar-refractivity contribution in [3.63, 3.8) is 0 Å². The highest BCUT2D eigenvalue weighted by molar-refractivity contribution is 7.13. The lowest BCUT2D eigenvalue weighted by atomic mass is 9.57. The molecule has 1 saturated carbocycles. The molecule has 1 amide bonds. The molecular formula is C19H23N3OS. The molecule has 1 spiro atoms. The van der Waals surface area contributed by atoms with Crippen molar-refractivity contribution in [2.24, 2.45) is 11.3 Å². The van der Waals surface area contributed by atoms with E-state index in [0.29, 0.717) is 5.41 Å². The standard InChI is InChI=1S/C19H23N3OS/c1-13-12-24-18(21-13)14-2-4-16(5-3-14)22-17(23)15-10-19(11-15)6-8-20-9-7-19/h2-5,12,15,20H,6-11H2,1H3,(H,22,23). The van der Waals surface area contributed by atoms with Gasteiger partial charge in [0, 0.05) is 28.2 Å². The highest BCUT2D eigenvalue weighted by atomic mass is 32.1. The van der Waals surface area contributed by atoms with Crippen LogP contribution in [0.3, 0.4) is 0 Å². The van der Waals surface area contributed by atoms with E-state index in [1.807, 2.05) is 31.2 Å². The van der Waals surface area contributed by atoms with E-state index in [9.17, 15) is 4.79 Å². The zero-order valence-electron chi connectivity index (χ0n) is 14.0. The SMILES string of the molecule is Cc1csc(-c2ccc(NC(=O)C3CC4(CCNCC4)C3)cc2)n1. The van der Waals surface area contributed by atoms with Gasteiger partial charge < -0.3 is 10.6 Å². The van der Waals surface area contributed by atoms with Crippen molar-refractivity contribution in [2.45, 2.75) is 32.6 Å². The van der Waals surface area contributed by atoms with Crippen molar-refractivity contribution in [3.05, 3.63) is 35.3 Å². The van der Waals surface area contributed by atoms with Gasteiger partial charge in [-0.05, 0) is 75.4 Å². The van der Waals surface area contributed by atoms with Crippen LogP contribution in [0.1, 0.15) is 31.4 Å². The summed E-state index contributed by atoms with van der Waals surface area (Å²) in [5.41, 5.74) is 3.47. The van der Waals surface area contributed by atoms with E-state index in [0.717, 1.165) is 47.9 Å². The Morgan fingerprint density at radius 3 is 2.58 bits per heavy atom. The first kappa shape index (κ1) is 15.8.